The minimum Gasteiger partial charge on any atom is -0.432 e. The van der Waals surface area contributed by atoms with Crippen LogP contribution in [0.3, 0.4) is 0 Å². The number of nitrogens with one attached hydrogen (secondary N) is 1. The smallest absolute Gasteiger partial charge is 0.320 e. The van der Waals surface area contributed by atoms with Gasteiger partial charge in [-0.1, -0.05) is 0 Å². The molecule has 0 aliphatic carbocycles. The van der Waals surface area contributed by atoms with Crippen LogP contribution in [0.4, 0.5) is 10.8 Å². The van der Waals surface area contributed by atoms with E-state index in [1.54, 1.807) is 6.92 Å². The molecule has 3 N–H and O–H groups in total. The summed E-state index contributed by atoms with van der Waals surface area (Å²) in [6.07, 6.45) is 1.42. The molecule has 1 aromatic heterocycles. The zero-order valence-electron chi connectivity index (χ0n) is 5.42. The zero-order chi connectivity index (χ0) is 7.56. The number of nitrogens with zero attached hydrogens (tertiary/aromatic N) is 1. The van der Waals surface area contributed by atoms with Crippen LogP contribution < -0.4 is 11.1 Å². The molecule has 0 saturated heterocycles. The lowest BCUT2D eigenvalue weighted by atomic mass is 10.6. The van der Waals surface area contributed by atoms with Crippen LogP contribution in [0.15, 0.2) is 10.7 Å². The molecule has 10 heavy (non-hydrogen) atoms. The molecule has 5 heteroatoms. The molecule has 0 spiro atoms. The highest BCUT2D eigenvalue weighted by Crippen LogP contribution is 2.04. The second-order valence-electron chi connectivity index (χ2n) is 1.78. The molecule has 5 nitrogen and oxygen atoms in total. The molecular weight excluding hydrogens is 134 g/mol. The Hall–Kier alpha value is -1.52. The van der Waals surface area contributed by atoms with E-state index in [9.17, 15) is 4.79 Å². The SMILES string of the molecule is Cc1coc(NC(N)=O)n1. The number of amides is 2. The van der Waals surface area contributed by atoms with E-state index in [4.69, 9.17) is 10.2 Å². The molecule has 2 amide bonds. The fourth-order valence-electron chi connectivity index (χ4n) is 0.517. The van der Waals surface area contributed by atoms with E-state index in [1.165, 1.54) is 6.26 Å². The Labute approximate surface area is 57.2 Å². The number of oxazole rings is 1. The first-order valence-electron chi connectivity index (χ1n) is 2.67. The summed E-state index contributed by atoms with van der Waals surface area (Å²) in [6, 6.07) is -0.549. The van der Waals surface area contributed by atoms with Gasteiger partial charge in [0, 0.05) is 0 Å². The summed E-state index contributed by atoms with van der Waals surface area (Å²) in [4.78, 5) is 14.0. The van der Waals surface area contributed by atoms with Gasteiger partial charge in [-0.2, -0.15) is 4.98 Å². The molecule has 1 aromatic rings. The van der Waals surface area contributed by atoms with Crippen molar-refractivity contribution in [3.8, 4) is 0 Å². The highest BCUT2D eigenvalue weighted by molar-refractivity contribution is 5.85. The molecule has 0 saturated carbocycles. The molecule has 0 unspecified atom stereocenters. The summed E-state index contributed by atoms with van der Waals surface area (Å²) in [5, 5.41) is 2.19. The summed E-state index contributed by atoms with van der Waals surface area (Å²) >= 11 is 0. The number of aromatic nitrogens is 1. The van der Waals surface area contributed by atoms with Crippen molar-refractivity contribution < 1.29 is 9.21 Å². The van der Waals surface area contributed by atoms with Crippen LogP contribution in [0.1, 0.15) is 5.69 Å². The van der Waals surface area contributed by atoms with Crippen molar-refractivity contribution in [2.24, 2.45) is 5.73 Å². The first-order valence-corrected chi connectivity index (χ1v) is 2.67. The van der Waals surface area contributed by atoms with Gasteiger partial charge in [0.05, 0.1) is 5.69 Å². The molecule has 0 radical (unpaired) electrons. The number of hydrogen-bond donors (Lipinski definition) is 2. The fraction of sp³-hybridized carbons (Fsp3) is 0.200. The van der Waals surface area contributed by atoms with E-state index in [0.717, 1.165) is 0 Å². The molecule has 1 heterocycles. The number of carbonyl (C=O) groups is 1. The first-order chi connectivity index (χ1) is 4.68. The number of hydrogen-bond acceptors (Lipinski definition) is 3. The number of carbonyl (C=O) groups excluding carboxylic acids is 1. The number of urea groups is 1. The van der Waals surface area contributed by atoms with Crippen molar-refractivity contribution in [1.82, 2.24) is 4.98 Å². The standard InChI is InChI=1S/C5H7N3O2/c1-3-2-10-5(7-3)8-4(6)9/h2H,1H3,(H3,6,7,8,9). The molecule has 0 aromatic carbocycles. The molecular formula is C5H7N3O2. The lowest BCUT2D eigenvalue weighted by Crippen LogP contribution is -2.19. The molecule has 0 atom stereocenters. The van der Waals surface area contributed by atoms with Crippen molar-refractivity contribution in [1.29, 1.82) is 0 Å². The lowest BCUT2D eigenvalue weighted by molar-refractivity contribution is 0.258. The number of primary amides is 1. The third kappa shape index (κ3) is 1.48. The number of nitrogens with two attached hydrogens (primary N) is 1. The average Bonchev–Trinajstić information content (AvgIpc) is 2.13. The van der Waals surface area contributed by atoms with Crippen LogP contribution >= 0.6 is 0 Å². The fourth-order valence-corrected chi connectivity index (χ4v) is 0.517. The second kappa shape index (κ2) is 2.38. The van der Waals surface area contributed by atoms with Gasteiger partial charge in [-0.05, 0) is 6.92 Å². The summed E-state index contributed by atoms with van der Waals surface area (Å²) in [7, 11) is 0. The third-order valence-corrected chi connectivity index (χ3v) is 0.849. The Kier molecular flexibility index (Phi) is 1.57. The molecule has 1 rings (SSSR count). The van der Waals surface area contributed by atoms with E-state index in [-0.39, 0.29) is 6.01 Å². The maximum absolute atomic E-state index is 10.2. The topological polar surface area (TPSA) is 81.1 Å². The van der Waals surface area contributed by atoms with Crippen LogP contribution in [0, 0.1) is 6.92 Å². The van der Waals surface area contributed by atoms with Crippen molar-refractivity contribution in [2.75, 3.05) is 5.32 Å². The van der Waals surface area contributed by atoms with Gasteiger partial charge in [-0.3, -0.25) is 5.32 Å². The van der Waals surface area contributed by atoms with Gasteiger partial charge in [0.25, 0.3) is 0 Å². The predicted octanol–water partition coefficient (Wildman–Crippen LogP) is 0.474. The molecule has 0 bridgehead atoms. The number of aryl methyl sites for hydroxylation is 1. The number of rotatable bonds is 1. The minimum atomic E-state index is -0.679. The molecule has 0 fully saturated rings. The van der Waals surface area contributed by atoms with Gasteiger partial charge >= 0.3 is 12.0 Å². The summed E-state index contributed by atoms with van der Waals surface area (Å²) in [5.74, 6) is 0. The predicted molar refractivity (Wildman–Crippen MR) is 34.4 cm³/mol. The van der Waals surface area contributed by atoms with E-state index in [0.29, 0.717) is 5.69 Å². The summed E-state index contributed by atoms with van der Waals surface area (Å²) in [5.41, 5.74) is 5.48. The minimum absolute atomic E-state index is 0.130. The zero-order valence-corrected chi connectivity index (χ0v) is 5.42. The van der Waals surface area contributed by atoms with Crippen LogP contribution in [-0.2, 0) is 0 Å². The van der Waals surface area contributed by atoms with Gasteiger partial charge in [-0.25, -0.2) is 4.79 Å². The highest BCUT2D eigenvalue weighted by atomic mass is 16.4. The van der Waals surface area contributed by atoms with Crippen molar-refractivity contribution >= 4 is 12.0 Å². The van der Waals surface area contributed by atoms with Gasteiger partial charge in [0.1, 0.15) is 6.26 Å². The van der Waals surface area contributed by atoms with Crippen LogP contribution in [0.25, 0.3) is 0 Å². The second-order valence-corrected chi connectivity index (χ2v) is 1.78. The Morgan fingerprint density at radius 2 is 2.60 bits per heavy atom. The molecule has 0 aliphatic heterocycles. The molecule has 0 aliphatic rings. The average molecular weight is 141 g/mol. The van der Waals surface area contributed by atoms with Crippen LogP contribution in [0.2, 0.25) is 0 Å². The number of anilines is 1. The van der Waals surface area contributed by atoms with Crippen molar-refractivity contribution in [3.63, 3.8) is 0 Å². The van der Waals surface area contributed by atoms with E-state index in [2.05, 4.69) is 10.3 Å². The van der Waals surface area contributed by atoms with Gasteiger partial charge in [-0.15, -0.1) is 0 Å². The van der Waals surface area contributed by atoms with Gasteiger partial charge in [0.2, 0.25) is 0 Å². The lowest BCUT2D eigenvalue weighted by Gasteiger charge is -1.90. The maximum Gasteiger partial charge on any atom is 0.320 e. The molecule has 54 valence electrons. The quantitative estimate of drug-likeness (QED) is 0.596. The normalized spacial score (nSPS) is 9.30. The Bertz CT molecular complexity index is 243. The highest BCUT2D eigenvalue weighted by Gasteiger charge is 2.00. The Morgan fingerprint density at radius 1 is 1.90 bits per heavy atom. The van der Waals surface area contributed by atoms with Crippen LogP contribution in [-0.4, -0.2) is 11.0 Å². The maximum atomic E-state index is 10.2. The van der Waals surface area contributed by atoms with E-state index in [1.807, 2.05) is 0 Å². The summed E-state index contributed by atoms with van der Waals surface area (Å²) < 4.78 is 4.75. The van der Waals surface area contributed by atoms with Crippen molar-refractivity contribution in [3.05, 3.63) is 12.0 Å². The van der Waals surface area contributed by atoms with Gasteiger partial charge < -0.3 is 10.2 Å². The van der Waals surface area contributed by atoms with Crippen LogP contribution in [0.5, 0.6) is 0 Å². The Balaban J connectivity index is 2.67. The largest absolute Gasteiger partial charge is 0.432 e. The first kappa shape index (κ1) is 6.60. The Morgan fingerprint density at radius 3 is 3.00 bits per heavy atom. The summed E-state index contributed by atoms with van der Waals surface area (Å²) in [6.45, 7) is 1.75. The third-order valence-electron chi connectivity index (χ3n) is 0.849. The van der Waals surface area contributed by atoms with Gasteiger partial charge in [0.15, 0.2) is 0 Å². The van der Waals surface area contributed by atoms with E-state index < -0.39 is 6.03 Å². The monoisotopic (exact) mass is 141 g/mol. The van der Waals surface area contributed by atoms with Crippen molar-refractivity contribution in [2.45, 2.75) is 6.92 Å². The van der Waals surface area contributed by atoms with E-state index >= 15 is 0 Å².